The Hall–Kier alpha value is -3.05. The number of benzene rings is 3. The molecular weight excluding hydrogens is 440 g/mol. The van der Waals surface area contributed by atoms with Crippen LogP contribution in [0.5, 0.6) is 11.5 Å². The minimum Gasteiger partial charge on any atom is -0.497 e. The third-order valence-corrected chi connectivity index (χ3v) is 5.64. The van der Waals surface area contributed by atoms with Gasteiger partial charge in [0, 0.05) is 10.9 Å². The molecule has 0 saturated heterocycles. The Labute approximate surface area is 185 Å². The lowest BCUT2D eigenvalue weighted by molar-refractivity contribution is 0.414. The highest BCUT2D eigenvalue weighted by atomic mass is 79.9. The number of anilines is 1. The molecule has 0 fully saturated rings. The maximum Gasteiger partial charge on any atom is 0.118 e. The Bertz CT molecular complexity index is 1040. The van der Waals surface area contributed by atoms with Crippen molar-refractivity contribution in [2.24, 2.45) is 5.10 Å². The van der Waals surface area contributed by atoms with Crippen LogP contribution in [-0.2, 0) is 0 Å². The molecular formula is C25H23BrN2O2. The number of halogens is 1. The first kappa shape index (κ1) is 20.2. The summed E-state index contributed by atoms with van der Waals surface area (Å²) >= 11 is 3.51. The Morgan fingerprint density at radius 3 is 2.03 bits per heavy atom. The van der Waals surface area contributed by atoms with Gasteiger partial charge in [-0.2, -0.15) is 5.10 Å². The summed E-state index contributed by atoms with van der Waals surface area (Å²) in [5, 5.41) is 7.03. The molecule has 0 amide bonds. The normalized spacial score (nSPS) is 16.0. The zero-order valence-corrected chi connectivity index (χ0v) is 18.5. The van der Waals surface area contributed by atoms with E-state index in [1.165, 1.54) is 5.56 Å². The second-order valence-corrected chi connectivity index (χ2v) is 7.93. The van der Waals surface area contributed by atoms with E-state index in [1.807, 2.05) is 48.5 Å². The summed E-state index contributed by atoms with van der Waals surface area (Å²) in [7, 11) is 3.36. The topological polar surface area (TPSA) is 34.1 Å². The molecule has 4 rings (SSSR count). The van der Waals surface area contributed by atoms with E-state index in [1.54, 1.807) is 14.2 Å². The second-order valence-electron chi connectivity index (χ2n) is 7.01. The van der Waals surface area contributed by atoms with Crippen LogP contribution < -0.4 is 14.5 Å². The minimum absolute atomic E-state index is 0.132. The summed E-state index contributed by atoms with van der Waals surface area (Å²) in [4.78, 5) is 0. The van der Waals surface area contributed by atoms with E-state index in [-0.39, 0.29) is 6.04 Å². The van der Waals surface area contributed by atoms with Crippen LogP contribution in [0, 0.1) is 0 Å². The fourth-order valence-corrected chi connectivity index (χ4v) is 3.72. The SMILES string of the molecule is COc1ccc(/C=C/C2=NN(c3ccc(Br)cc3)[C@@H](c3ccc(OC)cc3)C2)cc1. The average Bonchev–Trinajstić information content (AvgIpc) is 3.23. The van der Waals surface area contributed by atoms with Crippen LogP contribution in [-0.4, -0.2) is 19.9 Å². The monoisotopic (exact) mass is 462 g/mol. The van der Waals surface area contributed by atoms with Crippen molar-refractivity contribution in [1.29, 1.82) is 0 Å². The lowest BCUT2D eigenvalue weighted by atomic mass is 10.0. The standard InChI is InChI=1S/C25H23BrN2O2/c1-29-23-13-4-18(5-14-23)3-10-21-17-25(19-6-15-24(30-2)16-7-19)28(27-21)22-11-8-20(26)9-12-22/h3-16,25H,17H2,1-2H3/b10-3+/t25-/m1/s1. The molecule has 30 heavy (non-hydrogen) atoms. The van der Waals surface area contributed by atoms with Crippen LogP contribution in [0.25, 0.3) is 6.08 Å². The van der Waals surface area contributed by atoms with Gasteiger partial charge in [0.25, 0.3) is 0 Å². The molecule has 3 aromatic carbocycles. The number of methoxy groups -OCH3 is 2. The zero-order valence-electron chi connectivity index (χ0n) is 17.0. The van der Waals surface area contributed by atoms with Gasteiger partial charge in [0.1, 0.15) is 11.5 Å². The number of hydrogen-bond donors (Lipinski definition) is 0. The van der Waals surface area contributed by atoms with Crippen molar-refractivity contribution in [2.75, 3.05) is 19.2 Å². The number of rotatable bonds is 6. The summed E-state index contributed by atoms with van der Waals surface area (Å²) in [5.41, 5.74) is 4.42. The molecule has 5 heteroatoms. The van der Waals surface area contributed by atoms with Gasteiger partial charge in [-0.05, 0) is 65.7 Å². The molecule has 0 spiro atoms. The number of ether oxygens (including phenoxy) is 2. The van der Waals surface area contributed by atoms with Crippen molar-refractivity contribution in [3.8, 4) is 11.5 Å². The van der Waals surface area contributed by atoms with Gasteiger partial charge < -0.3 is 9.47 Å². The van der Waals surface area contributed by atoms with Crippen molar-refractivity contribution in [1.82, 2.24) is 0 Å². The van der Waals surface area contributed by atoms with Gasteiger partial charge in [-0.25, -0.2) is 0 Å². The van der Waals surface area contributed by atoms with Crippen LogP contribution in [0.2, 0.25) is 0 Å². The highest BCUT2D eigenvalue weighted by Gasteiger charge is 2.28. The number of hydrogen-bond acceptors (Lipinski definition) is 4. The highest BCUT2D eigenvalue weighted by Crippen LogP contribution is 2.36. The molecule has 0 aromatic heterocycles. The third-order valence-electron chi connectivity index (χ3n) is 5.11. The molecule has 0 unspecified atom stereocenters. The molecule has 0 bridgehead atoms. The van der Waals surface area contributed by atoms with Gasteiger partial charge in [-0.1, -0.05) is 46.3 Å². The largest absolute Gasteiger partial charge is 0.497 e. The van der Waals surface area contributed by atoms with Crippen molar-refractivity contribution in [3.05, 3.63) is 94.5 Å². The van der Waals surface area contributed by atoms with Gasteiger partial charge >= 0.3 is 0 Å². The molecule has 0 radical (unpaired) electrons. The lowest BCUT2D eigenvalue weighted by Crippen LogP contribution is -2.18. The molecule has 1 aliphatic heterocycles. The molecule has 0 N–H and O–H groups in total. The van der Waals surface area contributed by atoms with Gasteiger partial charge in [0.05, 0.1) is 31.7 Å². The predicted octanol–water partition coefficient (Wildman–Crippen LogP) is 6.49. The van der Waals surface area contributed by atoms with E-state index < -0.39 is 0 Å². The van der Waals surface area contributed by atoms with Gasteiger partial charge in [0.2, 0.25) is 0 Å². The first-order valence-electron chi connectivity index (χ1n) is 9.74. The molecule has 0 aliphatic carbocycles. The summed E-state index contributed by atoms with van der Waals surface area (Å²) in [6.45, 7) is 0. The summed E-state index contributed by atoms with van der Waals surface area (Å²) in [6, 6.07) is 24.6. The highest BCUT2D eigenvalue weighted by molar-refractivity contribution is 9.10. The van der Waals surface area contributed by atoms with Crippen LogP contribution in [0.3, 0.4) is 0 Å². The van der Waals surface area contributed by atoms with Gasteiger partial charge in [-0.15, -0.1) is 0 Å². The van der Waals surface area contributed by atoms with Crippen LogP contribution in [0.15, 0.2) is 88.4 Å². The van der Waals surface area contributed by atoms with Crippen molar-refractivity contribution < 1.29 is 9.47 Å². The van der Waals surface area contributed by atoms with Gasteiger partial charge in [-0.3, -0.25) is 5.01 Å². The first-order valence-corrected chi connectivity index (χ1v) is 10.5. The molecule has 1 atom stereocenters. The Morgan fingerprint density at radius 1 is 0.833 bits per heavy atom. The first-order chi connectivity index (χ1) is 14.7. The Kier molecular flexibility index (Phi) is 6.19. The van der Waals surface area contributed by atoms with E-state index in [0.29, 0.717) is 0 Å². The molecule has 3 aromatic rings. The minimum atomic E-state index is 0.132. The molecule has 152 valence electrons. The quantitative estimate of drug-likeness (QED) is 0.419. The van der Waals surface area contributed by atoms with Gasteiger partial charge in [0.15, 0.2) is 0 Å². The smallest absolute Gasteiger partial charge is 0.118 e. The van der Waals surface area contributed by atoms with Crippen molar-refractivity contribution >= 4 is 33.4 Å². The Balaban J connectivity index is 1.61. The number of hydrazone groups is 1. The van der Waals surface area contributed by atoms with E-state index in [9.17, 15) is 0 Å². The zero-order chi connectivity index (χ0) is 20.9. The lowest BCUT2D eigenvalue weighted by Gasteiger charge is -2.24. The maximum absolute atomic E-state index is 5.31. The molecule has 4 nitrogen and oxygen atoms in total. The summed E-state index contributed by atoms with van der Waals surface area (Å²) in [5.74, 6) is 1.71. The van der Waals surface area contributed by atoms with Crippen LogP contribution >= 0.6 is 15.9 Å². The summed E-state index contributed by atoms with van der Waals surface area (Å²) in [6.07, 6.45) is 5.01. The third kappa shape index (κ3) is 4.57. The van der Waals surface area contributed by atoms with Crippen LogP contribution in [0.1, 0.15) is 23.6 Å². The maximum atomic E-state index is 5.31. The summed E-state index contributed by atoms with van der Waals surface area (Å²) < 4.78 is 11.6. The number of nitrogens with zero attached hydrogens (tertiary/aromatic N) is 2. The fraction of sp³-hybridized carbons (Fsp3) is 0.160. The average molecular weight is 463 g/mol. The van der Waals surface area contributed by atoms with E-state index in [2.05, 4.69) is 57.4 Å². The second kappa shape index (κ2) is 9.18. The fourth-order valence-electron chi connectivity index (χ4n) is 3.46. The van der Waals surface area contributed by atoms with E-state index in [0.717, 1.165) is 39.4 Å². The van der Waals surface area contributed by atoms with E-state index in [4.69, 9.17) is 14.6 Å². The molecule has 1 aliphatic rings. The molecule has 1 heterocycles. The Morgan fingerprint density at radius 2 is 1.43 bits per heavy atom. The van der Waals surface area contributed by atoms with Crippen molar-refractivity contribution in [3.63, 3.8) is 0 Å². The van der Waals surface area contributed by atoms with Crippen molar-refractivity contribution in [2.45, 2.75) is 12.5 Å². The predicted molar refractivity (Wildman–Crippen MR) is 126 cm³/mol. The number of allylic oxidation sites excluding steroid dienone is 1. The molecule has 0 saturated carbocycles. The van der Waals surface area contributed by atoms with E-state index >= 15 is 0 Å². The van der Waals surface area contributed by atoms with Crippen LogP contribution in [0.4, 0.5) is 5.69 Å².